The summed E-state index contributed by atoms with van der Waals surface area (Å²) < 4.78 is 5.53. The molecule has 0 aromatic carbocycles. The summed E-state index contributed by atoms with van der Waals surface area (Å²) in [4.78, 5) is 12.0. The van der Waals surface area contributed by atoms with E-state index < -0.39 is 17.8 Å². The van der Waals surface area contributed by atoms with Crippen molar-refractivity contribution in [2.24, 2.45) is 17.8 Å². The molecular weight excluding hydrogens is 280 g/mol. The molecule has 5 atom stereocenters. The summed E-state index contributed by atoms with van der Waals surface area (Å²) in [5.74, 6) is 0.782. The van der Waals surface area contributed by atoms with Gasteiger partial charge in [0, 0.05) is 25.4 Å². The largest absolute Gasteiger partial charge is 0.393 e. The molecule has 2 N–H and O–H groups in total. The maximum absolute atomic E-state index is 12.0. The highest BCUT2D eigenvalue weighted by molar-refractivity contribution is 5.94. The number of fused-ring (bicyclic) bond motifs is 1. The Labute approximate surface area is 132 Å². The van der Waals surface area contributed by atoms with Gasteiger partial charge in [-0.1, -0.05) is 37.8 Å². The Balaban J connectivity index is 1.62. The van der Waals surface area contributed by atoms with Crippen LogP contribution in [-0.4, -0.2) is 40.9 Å². The zero-order valence-electron chi connectivity index (χ0n) is 13.4. The van der Waals surface area contributed by atoms with Gasteiger partial charge in [-0.2, -0.15) is 0 Å². The summed E-state index contributed by atoms with van der Waals surface area (Å²) in [5.41, 5.74) is -0.676. The Morgan fingerprint density at radius 2 is 2.09 bits per heavy atom. The molecule has 0 amide bonds. The SMILES string of the molecule is CO[C@]12CC[C@@H](O)[C@H](/C=C/[C@@H](O)CC3CCCC3)[C@H]1CC2=O. The van der Waals surface area contributed by atoms with Crippen molar-refractivity contribution >= 4 is 5.78 Å². The average Bonchev–Trinajstić information content (AvgIpc) is 2.99. The van der Waals surface area contributed by atoms with Crippen LogP contribution >= 0.6 is 0 Å². The molecule has 3 fully saturated rings. The highest BCUT2D eigenvalue weighted by atomic mass is 16.5. The molecule has 0 aliphatic heterocycles. The van der Waals surface area contributed by atoms with Crippen LogP contribution in [0.2, 0.25) is 0 Å². The zero-order chi connectivity index (χ0) is 15.7. The van der Waals surface area contributed by atoms with Crippen LogP contribution in [0.1, 0.15) is 51.4 Å². The predicted octanol–water partition coefficient (Wildman–Crippen LogP) is 2.23. The fourth-order valence-corrected chi connectivity index (χ4v) is 4.76. The average molecular weight is 308 g/mol. The molecular formula is C18H28O4. The van der Waals surface area contributed by atoms with Gasteiger partial charge in [0.2, 0.25) is 0 Å². The maximum atomic E-state index is 12.0. The molecule has 22 heavy (non-hydrogen) atoms. The summed E-state index contributed by atoms with van der Waals surface area (Å²) in [7, 11) is 1.59. The number of carbonyl (C=O) groups excluding carboxylic acids is 1. The third-order valence-electron chi connectivity index (χ3n) is 6.17. The molecule has 0 aromatic rings. The first-order valence-corrected chi connectivity index (χ1v) is 8.69. The fraction of sp³-hybridized carbons (Fsp3) is 0.833. The standard InChI is InChI=1S/C18H28O4/c1-22-18-9-8-16(20)14(15(18)11-17(18)21)7-6-13(19)10-12-4-2-3-5-12/h6-7,12-16,19-20H,2-5,8-11H2,1H3/b7-6+/t13-,14-,15-,16-,18-/m1/s1. The molecule has 3 aliphatic rings. The summed E-state index contributed by atoms with van der Waals surface area (Å²) in [6.07, 6.45) is 10.4. The first-order chi connectivity index (χ1) is 10.6. The van der Waals surface area contributed by atoms with Crippen LogP contribution < -0.4 is 0 Å². The van der Waals surface area contributed by atoms with E-state index in [-0.39, 0.29) is 17.6 Å². The Hall–Kier alpha value is -0.710. The van der Waals surface area contributed by atoms with Crippen molar-refractivity contribution in [2.45, 2.75) is 69.2 Å². The van der Waals surface area contributed by atoms with Crippen LogP contribution in [0.25, 0.3) is 0 Å². The Morgan fingerprint density at radius 3 is 2.73 bits per heavy atom. The van der Waals surface area contributed by atoms with Crippen molar-refractivity contribution in [1.82, 2.24) is 0 Å². The molecule has 0 spiro atoms. The fourth-order valence-electron chi connectivity index (χ4n) is 4.76. The van der Waals surface area contributed by atoms with Gasteiger partial charge in [0.1, 0.15) is 5.60 Å². The first kappa shape index (κ1) is 16.2. The normalized spacial score (nSPS) is 40.7. The van der Waals surface area contributed by atoms with Crippen LogP contribution in [0.15, 0.2) is 12.2 Å². The van der Waals surface area contributed by atoms with Gasteiger partial charge in [-0.25, -0.2) is 0 Å². The number of aliphatic hydroxyl groups excluding tert-OH is 2. The van der Waals surface area contributed by atoms with Crippen LogP contribution in [0, 0.1) is 17.8 Å². The smallest absolute Gasteiger partial charge is 0.165 e. The summed E-state index contributed by atoms with van der Waals surface area (Å²) in [6.45, 7) is 0. The Kier molecular flexibility index (Phi) is 4.72. The highest BCUT2D eigenvalue weighted by Crippen LogP contribution is 2.51. The summed E-state index contributed by atoms with van der Waals surface area (Å²) in [6, 6.07) is 0. The molecule has 3 rings (SSSR count). The zero-order valence-corrected chi connectivity index (χ0v) is 13.4. The molecule has 4 heteroatoms. The van der Waals surface area contributed by atoms with Gasteiger partial charge in [0.05, 0.1) is 12.2 Å². The number of hydrogen-bond donors (Lipinski definition) is 2. The lowest BCUT2D eigenvalue weighted by Gasteiger charge is -2.54. The van der Waals surface area contributed by atoms with Gasteiger partial charge in [0.15, 0.2) is 5.78 Å². The minimum absolute atomic E-state index is 0.0590. The monoisotopic (exact) mass is 308 g/mol. The Bertz CT molecular complexity index is 440. The third-order valence-corrected chi connectivity index (χ3v) is 6.17. The van der Waals surface area contributed by atoms with Crippen LogP contribution in [0.4, 0.5) is 0 Å². The van der Waals surface area contributed by atoms with Crippen molar-refractivity contribution in [3.8, 4) is 0 Å². The number of ether oxygens (including phenoxy) is 1. The first-order valence-electron chi connectivity index (χ1n) is 8.69. The van der Waals surface area contributed by atoms with E-state index in [1.54, 1.807) is 7.11 Å². The second kappa shape index (κ2) is 6.42. The van der Waals surface area contributed by atoms with E-state index >= 15 is 0 Å². The predicted molar refractivity (Wildman–Crippen MR) is 83.3 cm³/mol. The van der Waals surface area contributed by atoms with E-state index in [9.17, 15) is 15.0 Å². The number of ketones is 1. The lowest BCUT2D eigenvalue weighted by molar-refractivity contribution is -0.191. The van der Waals surface area contributed by atoms with Crippen LogP contribution in [0.3, 0.4) is 0 Å². The molecule has 0 unspecified atom stereocenters. The van der Waals surface area contributed by atoms with Crippen molar-refractivity contribution in [3.05, 3.63) is 12.2 Å². The maximum Gasteiger partial charge on any atom is 0.165 e. The van der Waals surface area contributed by atoms with Crippen molar-refractivity contribution in [3.63, 3.8) is 0 Å². The van der Waals surface area contributed by atoms with E-state index in [0.29, 0.717) is 25.2 Å². The number of Topliss-reactive ketones (excluding diaryl/α,β-unsaturated/α-hetero) is 1. The van der Waals surface area contributed by atoms with Crippen LogP contribution in [-0.2, 0) is 9.53 Å². The number of hydrogen-bond acceptors (Lipinski definition) is 4. The molecule has 0 radical (unpaired) electrons. The number of rotatable bonds is 5. The molecule has 0 aromatic heterocycles. The number of methoxy groups -OCH3 is 1. The van der Waals surface area contributed by atoms with Gasteiger partial charge in [-0.05, 0) is 25.2 Å². The molecule has 0 bridgehead atoms. The number of carbonyl (C=O) groups is 1. The lowest BCUT2D eigenvalue weighted by Crippen LogP contribution is -2.64. The summed E-state index contributed by atoms with van der Waals surface area (Å²) >= 11 is 0. The molecule has 3 aliphatic carbocycles. The van der Waals surface area contributed by atoms with Crippen molar-refractivity contribution < 1.29 is 19.7 Å². The minimum Gasteiger partial charge on any atom is -0.393 e. The minimum atomic E-state index is -0.676. The van der Waals surface area contributed by atoms with Gasteiger partial charge in [0.25, 0.3) is 0 Å². The topological polar surface area (TPSA) is 66.8 Å². The quantitative estimate of drug-likeness (QED) is 0.764. The van der Waals surface area contributed by atoms with Crippen LogP contribution in [0.5, 0.6) is 0 Å². The van der Waals surface area contributed by atoms with Gasteiger partial charge < -0.3 is 14.9 Å². The second-order valence-corrected chi connectivity index (χ2v) is 7.35. The lowest BCUT2D eigenvalue weighted by atomic mass is 9.55. The van der Waals surface area contributed by atoms with E-state index in [4.69, 9.17) is 4.74 Å². The second-order valence-electron chi connectivity index (χ2n) is 7.35. The summed E-state index contributed by atoms with van der Waals surface area (Å²) in [5, 5.41) is 20.5. The van der Waals surface area contributed by atoms with E-state index in [0.717, 1.165) is 6.42 Å². The van der Waals surface area contributed by atoms with E-state index in [2.05, 4.69) is 0 Å². The highest BCUT2D eigenvalue weighted by Gasteiger charge is 2.60. The third kappa shape index (κ3) is 2.77. The Morgan fingerprint density at radius 1 is 1.36 bits per heavy atom. The molecule has 124 valence electrons. The van der Waals surface area contributed by atoms with E-state index in [1.807, 2.05) is 12.2 Å². The molecule has 3 saturated carbocycles. The molecule has 0 saturated heterocycles. The van der Waals surface area contributed by atoms with Crippen molar-refractivity contribution in [2.75, 3.05) is 7.11 Å². The van der Waals surface area contributed by atoms with Crippen molar-refractivity contribution in [1.29, 1.82) is 0 Å². The number of aliphatic hydroxyl groups is 2. The molecule has 0 heterocycles. The van der Waals surface area contributed by atoms with Gasteiger partial charge >= 0.3 is 0 Å². The van der Waals surface area contributed by atoms with E-state index in [1.165, 1.54) is 25.7 Å². The van der Waals surface area contributed by atoms with Gasteiger partial charge in [-0.15, -0.1) is 0 Å². The molecule has 4 nitrogen and oxygen atoms in total. The van der Waals surface area contributed by atoms with Gasteiger partial charge in [-0.3, -0.25) is 4.79 Å².